The van der Waals surface area contributed by atoms with Crippen LogP contribution in [-0.2, 0) is 0 Å². The monoisotopic (exact) mass is 325 g/mol. The maximum absolute atomic E-state index is 13.5. The van der Waals surface area contributed by atoms with Gasteiger partial charge >= 0.3 is 0 Å². The van der Waals surface area contributed by atoms with Gasteiger partial charge in [0.05, 0.1) is 11.3 Å². The third-order valence-corrected chi connectivity index (χ3v) is 3.26. The van der Waals surface area contributed by atoms with E-state index in [0.29, 0.717) is 10.0 Å². The Bertz CT molecular complexity index is 643. The fourth-order valence-electron chi connectivity index (χ4n) is 1.60. The zero-order valence-electron chi connectivity index (χ0n) is 10.0. The number of carbonyl (C=O) groups is 1. The Kier molecular flexibility index (Phi) is 3.95. The minimum Gasteiger partial charge on any atom is -0.319 e. The molecule has 0 spiro atoms. The van der Waals surface area contributed by atoms with Gasteiger partial charge in [-0.1, -0.05) is 17.7 Å². The van der Waals surface area contributed by atoms with Crippen molar-refractivity contribution in [3.8, 4) is 0 Å². The van der Waals surface area contributed by atoms with E-state index >= 15 is 0 Å². The number of anilines is 1. The van der Waals surface area contributed by atoms with Crippen molar-refractivity contribution in [3.05, 3.63) is 63.6 Å². The zero-order valence-corrected chi connectivity index (χ0v) is 11.6. The Hall–Kier alpha value is -1.75. The molecule has 0 atom stereocenters. The van der Waals surface area contributed by atoms with Gasteiger partial charge in [0.15, 0.2) is 11.6 Å². The molecule has 2 rings (SSSR count). The molecule has 0 saturated carbocycles. The Labute approximate surface area is 117 Å². The van der Waals surface area contributed by atoms with E-state index in [0.717, 1.165) is 11.6 Å². The number of halogens is 3. The lowest BCUT2D eigenvalue weighted by atomic mass is 10.1. The molecule has 0 bridgehead atoms. The Morgan fingerprint density at radius 3 is 2.68 bits per heavy atom. The summed E-state index contributed by atoms with van der Waals surface area (Å²) in [6.45, 7) is 1.84. The second-order valence-corrected chi connectivity index (χ2v) is 4.89. The average Bonchev–Trinajstić information content (AvgIpc) is 2.38. The van der Waals surface area contributed by atoms with Crippen LogP contribution in [0, 0.1) is 18.6 Å². The summed E-state index contributed by atoms with van der Waals surface area (Å²) >= 11 is 3.25. The molecule has 2 aromatic carbocycles. The van der Waals surface area contributed by atoms with Crippen molar-refractivity contribution < 1.29 is 13.6 Å². The van der Waals surface area contributed by atoms with Crippen molar-refractivity contribution in [1.29, 1.82) is 0 Å². The van der Waals surface area contributed by atoms with E-state index in [4.69, 9.17) is 0 Å². The minimum atomic E-state index is -1.07. The van der Waals surface area contributed by atoms with Crippen LogP contribution < -0.4 is 5.32 Å². The minimum absolute atomic E-state index is 0.182. The lowest BCUT2D eigenvalue weighted by Crippen LogP contribution is -2.14. The van der Waals surface area contributed by atoms with Crippen LogP contribution in [0.25, 0.3) is 0 Å². The van der Waals surface area contributed by atoms with Gasteiger partial charge in [-0.2, -0.15) is 0 Å². The molecule has 0 radical (unpaired) electrons. The van der Waals surface area contributed by atoms with Crippen LogP contribution in [0.2, 0.25) is 0 Å². The topological polar surface area (TPSA) is 29.1 Å². The van der Waals surface area contributed by atoms with E-state index in [9.17, 15) is 13.6 Å². The van der Waals surface area contributed by atoms with E-state index < -0.39 is 17.5 Å². The molecule has 1 amide bonds. The number of hydrogen-bond acceptors (Lipinski definition) is 1. The fraction of sp³-hybridized carbons (Fsp3) is 0.0714. The number of nitrogens with one attached hydrogen (secondary N) is 1. The number of amides is 1. The first-order valence-electron chi connectivity index (χ1n) is 5.50. The standard InChI is InChI=1S/C14H10BrF2NO/c1-8-5-6-10(15)9(7-8)14(19)18-12-4-2-3-11(16)13(12)17/h2-7H,1H3,(H,18,19). The van der Waals surface area contributed by atoms with Crippen LogP contribution in [0.15, 0.2) is 40.9 Å². The van der Waals surface area contributed by atoms with Crippen molar-refractivity contribution >= 4 is 27.5 Å². The molecular weight excluding hydrogens is 316 g/mol. The van der Waals surface area contributed by atoms with Crippen LogP contribution >= 0.6 is 15.9 Å². The quantitative estimate of drug-likeness (QED) is 0.876. The predicted octanol–water partition coefficient (Wildman–Crippen LogP) is 4.29. The fourth-order valence-corrected chi connectivity index (χ4v) is 2.03. The summed E-state index contributed by atoms with van der Waals surface area (Å²) < 4.78 is 27.1. The molecule has 0 heterocycles. The molecule has 1 N–H and O–H groups in total. The number of benzene rings is 2. The van der Waals surface area contributed by atoms with E-state index in [1.165, 1.54) is 12.1 Å². The second kappa shape index (κ2) is 5.48. The van der Waals surface area contributed by atoms with Gasteiger partial charge in [-0.05, 0) is 47.1 Å². The molecule has 0 fully saturated rings. The van der Waals surface area contributed by atoms with Gasteiger partial charge < -0.3 is 5.32 Å². The summed E-state index contributed by atoms with van der Waals surface area (Å²) in [5, 5.41) is 2.35. The van der Waals surface area contributed by atoms with Crippen LogP contribution in [0.3, 0.4) is 0 Å². The molecule has 19 heavy (non-hydrogen) atoms. The molecule has 0 aliphatic rings. The first kappa shape index (κ1) is 13.7. The SMILES string of the molecule is Cc1ccc(Br)c(C(=O)Nc2cccc(F)c2F)c1. The van der Waals surface area contributed by atoms with Gasteiger partial charge in [-0.3, -0.25) is 4.79 Å². The molecule has 2 nitrogen and oxygen atoms in total. The van der Waals surface area contributed by atoms with Crippen molar-refractivity contribution in [1.82, 2.24) is 0 Å². The summed E-state index contributed by atoms with van der Waals surface area (Å²) in [6, 6.07) is 8.86. The van der Waals surface area contributed by atoms with E-state index in [-0.39, 0.29) is 5.69 Å². The molecular formula is C14H10BrF2NO. The second-order valence-electron chi connectivity index (χ2n) is 4.04. The molecule has 0 unspecified atom stereocenters. The van der Waals surface area contributed by atoms with Crippen molar-refractivity contribution in [2.24, 2.45) is 0 Å². The van der Waals surface area contributed by atoms with Gasteiger partial charge in [0.25, 0.3) is 5.91 Å². The first-order valence-corrected chi connectivity index (χ1v) is 6.30. The molecule has 2 aromatic rings. The molecule has 98 valence electrons. The highest BCUT2D eigenvalue weighted by atomic mass is 79.9. The lowest BCUT2D eigenvalue weighted by molar-refractivity contribution is 0.102. The van der Waals surface area contributed by atoms with Crippen LogP contribution in [0.1, 0.15) is 15.9 Å². The Morgan fingerprint density at radius 2 is 1.95 bits per heavy atom. The number of carbonyl (C=O) groups excluding carboxylic acids is 1. The summed E-state index contributed by atoms with van der Waals surface area (Å²) in [5.41, 5.74) is 1.08. The summed E-state index contributed by atoms with van der Waals surface area (Å²) in [6.07, 6.45) is 0. The Balaban J connectivity index is 2.31. The van der Waals surface area contributed by atoms with Crippen LogP contribution in [0.5, 0.6) is 0 Å². The van der Waals surface area contributed by atoms with E-state index in [1.54, 1.807) is 12.1 Å². The number of rotatable bonds is 2. The van der Waals surface area contributed by atoms with E-state index in [1.807, 2.05) is 13.0 Å². The summed E-state index contributed by atoms with van der Waals surface area (Å²) in [7, 11) is 0. The van der Waals surface area contributed by atoms with Crippen molar-refractivity contribution in [2.45, 2.75) is 6.92 Å². The van der Waals surface area contributed by atoms with Gasteiger partial charge in [0.2, 0.25) is 0 Å². The highest BCUT2D eigenvalue weighted by Gasteiger charge is 2.14. The van der Waals surface area contributed by atoms with Gasteiger partial charge in [-0.25, -0.2) is 8.78 Å². The predicted molar refractivity (Wildman–Crippen MR) is 73.2 cm³/mol. The normalized spacial score (nSPS) is 10.3. The lowest BCUT2D eigenvalue weighted by Gasteiger charge is -2.08. The largest absolute Gasteiger partial charge is 0.319 e. The van der Waals surface area contributed by atoms with Crippen LogP contribution in [-0.4, -0.2) is 5.91 Å². The maximum Gasteiger partial charge on any atom is 0.256 e. The number of aryl methyl sites for hydroxylation is 1. The first-order chi connectivity index (χ1) is 8.99. The Morgan fingerprint density at radius 1 is 1.21 bits per heavy atom. The van der Waals surface area contributed by atoms with Gasteiger partial charge in [-0.15, -0.1) is 0 Å². The highest BCUT2D eigenvalue weighted by Crippen LogP contribution is 2.21. The van der Waals surface area contributed by atoms with Gasteiger partial charge in [0.1, 0.15) is 0 Å². The molecule has 0 aliphatic carbocycles. The number of hydrogen-bond donors (Lipinski definition) is 1. The van der Waals surface area contributed by atoms with Gasteiger partial charge in [0, 0.05) is 4.47 Å². The average molecular weight is 326 g/mol. The van der Waals surface area contributed by atoms with Crippen LogP contribution in [0.4, 0.5) is 14.5 Å². The molecule has 0 aromatic heterocycles. The summed E-state index contributed by atoms with van der Waals surface area (Å²) in [4.78, 5) is 12.0. The third kappa shape index (κ3) is 2.98. The third-order valence-electron chi connectivity index (χ3n) is 2.57. The maximum atomic E-state index is 13.5. The highest BCUT2D eigenvalue weighted by molar-refractivity contribution is 9.10. The van der Waals surface area contributed by atoms with Crippen molar-refractivity contribution in [3.63, 3.8) is 0 Å². The van der Waals surface area contributed by atoms with E-state index in [2.05, 4.69) is 21.2 Å². The smallest absolute Gasteiger partial charge is 0.256 e. The molecule has 0 saturated heterocycles. The summed E-state index contributed by atoms with van der Waals surface area (Å²) in [5.74, 6) is -2.57. The van der Waals surface area contributed by atoms with Crippen molar-refractivity contribution in [2.75, 3.05) is 5.32 Å². The molecule has 5 heteroatoms. The molecule has 0 aliphatic heterocycles. The zero-order chi connectivity index (χ0) is 14.0.